The summed E-state index contributed by atoms with van der Waals surface area (Å²) in [5.41, 5.74) is 0.824. The molecule has 4 rings (SSSR count). The fourth-order valence-corrected chi connectivity index (χ4v) is 5.07. The van der Waals surface area contributed by atoms with Crippen molar-refractivity contribution < 1.29 is 27.4 Å². The predicted molar refractivity (Wildman–Crippen MR) is 133 cm³/mol. The number of ether oxygens (including phenoxy) is 2. The normalized spacial score (nSPS) is 21.3. The molecule has 1 aromatic carbocycles. The van der Waals surface area contributed by atoms with E-state index in [4.69, 9.17) is 32.7 Å². The van der Waals surface area contributed by atoms with Crippen molar-refractivity contribution in [2.24, 2.45) is 0 Å². The molecule has 2 aromatic rings. The van der Waals surface area contributed by atoms with Crippen molar-refractivity contribution in [2.75, 3.05) is 33.4 Å². The van der Waals surface area contributed by atoms with Gasteiger partial charge in [-0.2, -0.15) is 13.2 Å². The minimum Gasteiger partial charge on any atom is -0.379 e. The van der Waals surface area contributed by atoms with E-state index in [9.17, 15) is 18.0 Å². The van der Waals surface area contributed by atoms with Gasteiger partial charge in [0.25, 0.3) is 5.91 Å². The summed E-state index contributed by atoms with van der Waals surface area (Å²) in [5, 5.41) is 4.23. The first-order valence-electron chi connectivity index (χ1n) is 12.1. The van der Waals surface area contributed by atoms with E-state index in [1.54, 1.807) is 37.1 Å². The molecule has 2 aliphatic rings. The zero-order chi connectivity index (χ0) is 26.7. The molecule has 1 N–H and O–H groups in total. The van der Waals surface area contributed by atoms with Gasteiger partial charge in [-0.05, 0) is 43.9 Å². The number of carbonyl (C=O) groups excluding carboxylic acids is 1. The standard InChI is InChI=1S/C25H29Cl2F3N4O3/c1-14-20(12-15-3-4-17(26)18(27)11-15)32-24(25(28,29)30)33-22(14)23(35)34-8-5-16(6-9-34)31-19-7-10-37-13-21(19)36-2/h3-4,11,16,19,21,31H,5-10,12-13H2,1-2H3/t19-,21+/m0/s1. The quantitative estimate of drug-likeness (QED) is 0.552. The largest absolute Gasteiger partial charge is 0.451 e. The summed E-state index contributed by atoms with van der Waals surface area (Å²) in [5.74, 6) is -1.86. The van der Waals surface area contributed by atoms with E-state index in [0.717, 1.165) is 6.42 Å². The number of rotatable bonds is 6. The van der Waals surface area contributed by atoms with Gasteiger partial charge in [0.15, 0.2) is 0 Å². The van der Waals surface area contributed by atoms with E-state index in [1.807, 2.05) is 0 Å². The summed E-state index contributed by atoms with van der Waals surface area (Å²) < 4.78 is 52.0. The minimum absolute atomic E-state index is 0.0354. The number of methoxy groups -OCH3 is 1. The van der Waals surface area contributed by atoms with Gasteiger partial charge in [-0.15, -0.1) is 0 Å². The van der Waals surface area contributed by atoms with Gasteiger partial charge >= 0.3 is 6.18 Å². The molecule has 7 nitrogen and oxygen atoms in total. The molecule has 0 aliphatic carbocycles. The number of aromatic nitrogens is 2. The Balaban J connectivity index is 1.50. The second-order valence-corrected chi connectivity index (χ2v) is 10.2. The molecule has 1 aromatic heterocycles. The highest BCUT2D eigenvalue weighted by molar-refractivity contribution is 6.42. The van der Waals surface area contributed by atoms with E-state index < -0.39 is 17.9 Å². The second kappa shape index (κ2) is 11.8. The van der Waals surface area contributed by atoms with Crippen molar-refractivity contribution >= 4 is 29.1 Å². The number of hydrogen-bond donors (Lipinski definition) is 1. The van der Waals surface area contributed by atoms with Gasteiger partial charge < -0.3 is 19.7 Å². The van der Waals surface area contributed by atoms with Crippen LogP contribution in [0.25, 0.3) is 0 Å². The molecule has 37 heavy (non-hydrogen) atoms. The molecule has 12 heteroatoms. The third-order valence-electron chi connectivity index (χ3n) is 6.90. The summed E-state index contributed by atoms with van der Waals surface area (Å²) >= 11 is 12.0. The molecule has 2 saturated heterocycles. The lowest BCUT2D eigenvalue weighted by atomic mass is 9.99. The Labute approximate surface area is 223 Å². The Hall–Kier alpha value is -1.98. The lowest BCUT2D eigenvalue weighted by Crippen LogP contribution is -2.54. The molecule has 0 saturated carbocycles. The van der Waals surface area contributed by atoms with Gasteiger partial charge in [-0.1, -0.05) is 29.3 Å². The maximum atomic E-state index is 13.7. The van der Waals surface area contributed by atoms with E-state index in [0.29, 0.717) is 55.3 Å². The van der Waals surface area contributed by atoms with Crippen molar-refractivity contribution in [1.29, 1.82) is 0 Å². The lowest BCUT2D eigenvalue weighted by Gasteiger charge is -2.38. The van der Waals surface area contributed by atoms with Gasteiger partial charge in [-0.25, -0.2) is 9.97 Å². The van der Waals surface area contributed by atoms with Crippen molar-refractivity contribution in [3.63, 3.8) is 0 Å². The van der Waals surface area contributed by atoms with Crippen LogP contribution in [-0.2, 0) is 22.1 Å². The number of benzene rings is 1. The molecule has 2 aliphatic heterocycles. The SMILES string of the molecule is CO[C@@H]1COCC[C@@H]1NC1CCN(C(=O)c2nc(C(F)(F)F)nc(Cc3ccc(Cl)c(Cl)c3)c2C)CC1. The van der Waals surface area contributed by atoms with Crippen LogP contribution in [0.15, 0.2) is 18.2 Å². The van der Waals surface area contributed by atoms with E-state index in [1.165, 1.54) is 0 Å². The van der Waals surface area contributed by atoms with Crippen LogP contribution in [0, 0.1) is 6.92 Å². The topological polar surface area (TPSA) is 76.6 Å². The zero-order valence-electron chi connectivity index (χ0n) is 20.6. The highest BCUT2D eigenvalue weighted by Gasteiger charge is 2.38. The predicted octanol–water partition coefficient (Wildman–Crippen LogP) is 4.70. The molecule has 0 spiro atoms. The van der Waals surface area contributed by atoms with Crippen LogP contribution in [0.5, 0.6) is 0 Å². The van der Waals surface area contributed by atoms with E-state index >= 15 is 0 Å². The molecule has 2 fully saturated rings. The van der Waals surface area contributed by atoms with Gasteiger partial charge in [-0.3, -0.25) is 4.79 Å². The number of halogens is 5. The fourth-order valence-electron chi connectivity index (χ4n) is 4.75. The maximum Gasteiger partial charge on any atom is 0.451 e. The van der Waals surface area contributed by atoms with Crippen LogP contribution >= 0.6 is 23.2 Å². The van der Waals surface area contributed by atoms with Gasteiger partial charge in [0, 0.05) is 50.9 Å². The average Bonchev–Trinajstić information content (AvgIpc) is 2.87. The first-order valence-corrected chi connectivity index (χ1v) is 12.9. The third kappa shape index (κ3) is 6.72. The number of likely N-dealkylation sites (tertiary alicyclic amines) is 1. The Morgan fingerprint density at radius 2 is 1.92 bits per heavy atom. The first kappa shape index (κ1) is 28.0. The molecular formula is C25H29Cl2F3N4O3. The van der Waals surface area contributed by atoms with Crippen LogP contribution in [0.3, 0.4) is 0 Å². The number of alkyl halides is 3. The Morgan fingerprint density at radius 1 is 1.19 bits per heavy atom. The molecule has 2 atom stereocenters. The number of carbonyl (C=O) groups is 1. The fraction of sp³-hybridized carbons (Fsp3) is 0.560. The van der Waals surface area contributed by atoms with Gasteiger partial charge in [0.1, 0.15) is 5.69 Å². The number of nitrogens with zero attached hydrogens (tertiary/aromatic N) is 3. The summed E-state index contributed by atoms with van der Waals surface area (Å²) in [6.45, 7) is 3.58. The Bertz CT molecular complexity index is 1130. The van der Waals surface area contributed by atoms with Crippen LogP contribution in [0.2, 0.25) is 10.0 Å². The Morgan fingerprint density at radius 3 is 2.57 bits per heavy atom. The van der Waals surface area contributed by atoms with Crippen LogP contribution in [0.4, 0.5) is 13.2 Å². The van der Waals surface area contributed by atoms with Crippen molar-refractivity contribution in [3.05, 3.63) is 56.6 Å². The summed E-state index contributed by atoms with van der Waals surface area (Å²) in [6.07, 6.45) is -2.61. The monoisotopic (exact) mass is 560 g/mol. The summed E-state index contributed by atoms with van der Waals surface area (Å²) in [6, 6.07) is 5.14. The number of amides is 1. The van der Waals surface area contributed by atoms with Gasteiger partial charge in [0.05, 0.1) is 28.5 Å². The minimum atomic E-state index is -4.80. The molecule has 202 valence electrons. The van der Waals surface area contributed by atoms with Crippen molar-refractivity contribution in [2.45, 2.75) is 57.0 Å². The Kier molecular flexibility index (Phi) is 8.96. The number of piperidine rings is 1. The highest BCUT2D eigenvalue weighted by atomic mass is 35.5. The highest BCUT2D eigenvalue weighted by Crippen LogP contribution is 2.30. The lowest BCUT2D eigenvalue weighted by molar-refractivity contribution is -0.145. The molecule has 0 bridgehead atoms. The van der Waals surface area contributed by atoms with Crippen molar-refractivity contribution in [1.82, 2.24) is 20.2 Å². The summed E-state index contributed by atoms with van der Waals surface area (Å²) in [7, 11) is 1.66. The van der Waals surface area contributed by atoms with Crippen LogP contribution < -0.4 is 5.32 Å². The van der Waals surface area contributed by atoms with E-state index in [2.05, 4.69) is 15.3 Å². The number of hydrogen-bond acceptors (Lipinski definition) is 6. The zero-order valence-corrected chi connectivity index (χ0v) is 22.1. The maximum absolute atomic E-state index is 13.7. The molecule has 0 unspecified atom stereocenters. The molecular weight excluding hydrogens is 532 g/mol. The third-order valence-corrected chi connectivity index (χ3v) is 7.64. The molecule has 3 heterocycles. The van der Waals surface area contributed by atoms with Crippen molar-refractivity contribution in [3.8, 4) is 0 Å². The first-order chi connectivity index (χ1) is 17.6. The number of nitrogens with one attached hydrogen (secondary N) is 1. The average molecular weight is 561 g/mol. The van der Waals surface area contributed by atoms with Crippen LogP contribution in [-0.4, -0.2) is 72.4 Å². The second-order valence-electron chi connectivity index (χ2n) is 9.37. The van der Waals surface area contributed by atoms with E-state index in [-0.39, 0.29) is 41.0 Å². The van der Waals surface area contributed by atoms with Crippen LogP contribution in [0.1, 0.15) is 52.4 Å². The molecule has 0 radical (unpaired) electrons. The smallest absolute Gasteiger partial charge is 0.379 e. The summed E-state index contributed by atoms with van der Waals surface area (Å²) in [4.78, 5) is 22.4. The molecule has 1 amide bonds. The van der Waals surface area contributed by atoms with Gasteiger partial charge in [0.2, 0.25) is 5.82 Å².